The number of carbonyl (C=O) groups excluding carboxylic acids is 1. The molecule has 3 N–H and O–H groups in total. The van der Waals surface area contributed by atoms with Crippen LogP contribution in [-0.2, 0) is 11.3 Å². The molecule has 1 heterocycles. The minimum absolute atomic E-state index is 0.153. The van der Waals surface area contributed by atoms with Gasteiger partial charge in [-0.2, -0.15) is 0 Å². The molecule has 0 saturated heterocycles. The Labute approximate surface area is 132 Å². The molecule has 2 aromatic carbocycles. The Morgan fingerprint density at radius 1 is 1.29 bits per heavy atom. The Hall–Kier alpha value is -1.85. The highest BCUT2D eigenvalue weighted by Crippen LogP contribution is 2.38. The van der Waals surface area contributed by atoms with E-state index in [0.717, 1.165) is 28.0 Å². The third-order valence-corrected chi connectivity index (χ3v) is 4.30. The van der Waals surface area contributed by atoms with Crippen molar-refractivity contribution in [3.05, 3.63) is 58.1 Å². The molecule has 0 spiro atoms. The minimum Gasteiger partial charge on any atom is -0.369 e. The summed E-state index contributed by atoms with van der Waals surface area (Å²) in [5.41, 5.74) is 9.75. The van der Waals surface area contributed by atoms with Crippen LogP contribution in [0.25, 0.3) is 0 Å². The molecule has 0 fully saturated rings. The van der Waals surface area contributed by atoms with Crippen LogP contribution < -0.4 is 16.0 Å². The number of halogens is 1. The van der Waals surface area contributed by atoms with Crippen molar-refractivity contribution in [3.8, 4) is 0 Å². The lowest BCUT2D eigenvalue weighted by Gasteiger charge is -2.22. The van der Waals surface area contributed by atoms with Gasteiger partial charge in [-0.1, -0.05) is 30.3 Å². The maximum absolute atomic E-state index is 11.6. The maximum atomic E-state index is 11.6. The van der Waals surface area contributed by atoms with Crippen LogP contribution in [-0.4, -0.2) is 13.0 Å². The number of anilines is 2. The molecule has 1 atom stereocenters. The standard InChI is InChI=1S/C16H16BrN3O/c1-20(9-10-5-3-2-4-6-10)14-8-13-11(7-12(14)17)15(18)16(21)19-13/h2-8,15H,9,18H2,1H3,(H,19,21). The van der Waals surface area contributed by atoms with E-state index < -0.39 is 6.04 Å². The molecule has 1 aliphatic rings. The lowest BCUT2D eigenvalue weighted by atomic mass is 10.1. The first kappa shape index (κ1) is 14.1. The lowest BCUT2D eigenvalue weighted by Crippen LogP contribution is -2.19. The van der Waals surface area contributed by atoms with Crippen LogP contribution in [0.3, 0.4) is 0 Å². The van der Waals surface area contributed by atoms with E-state index in [-0.39, 0.29) is 5.91 Å². The molecule has 0 radical (unpaired) electrons. The number of hydrogen-bond donors (Lipinski definition) is 2. The second-order valence-corrected chi connectivity index (χ2v) is 6.05. The number of hydrogen-bond acceptors (Lipinski definition) is 3. The molecule has 3 rings (SSSR count). The molecule has 1 amide bonds. The van der Waals surface area contributed by atoms with E-state index in [0.29, 0.717) is 0 Å². The van der Waals surface area contributed by atoms with Gasteiger partial charge >= 0.3 is 0 Å². The van der Waals surface area contributed by atoms with Gasteiger partial charge in [0.1, 0.15) is 6.04 Å². The minimum atomic E-state index is -0.579. The van der Waals surface area contributed by atoms with Gasteiger partial charge in [-0.25, -0.2) is 0 Å². The zero-order chi connectivity index (χ0) is 15.0. The summed E-state index contributed by atoms with van der Waals surface area (Å²) in [6.07, 6.45) is 0. The van der Waals surface area contributed by atoms with Gasteiger partial charge in [-0.3, -0.25) is 4.79 Å². The zero-order valence-corrected chi connectivity index (χ0v) is 13.2. The molecule has 0 aliphatic carbocycles. The Bertz CT molecular complexity index is 687. The first-order valence-corrected chi connectivity index (χ1v) is 7.50. The Kier molecular flexibility index (Phi) is 3.69. The Morgan fingerprint density at radius 3 is 2.71 bits per heavy atom. The molecule has 0 aromatic heterocycles. The van der Waals surface area contributed by atoms with Crippen LogP contribution in [0.1, 0.15) is 17.2 Å². The summed E-state index contributed by atoms with van der Waals surface area (Å²) in [6, 6.07) is 13.6. The summed E-state index contributed by atoms with van der Waals surface area (Å²) in [7, 11) is 2.02. The number of amides is 1. The molecular weight excluding hydrogens is 330 g/mol. The van der Waals surface area contributed by atoms with Gasteiger partial charge in [-0.05, 0) is 33.6 Å². The predicted molar refractivity (Wildman–Crippen MR) is 88.2 cm³/mol. The van der Waals surface area contributed by atoms with Crippen molar-refractivity contribution < 1.29 is 4.79 Å². The fourth-order valence-corrected chi connectivity index (χ4v) is 3.19. The van der Waals surface area contributed by atoms with E-state index in [2.05, 4.69) is 38.3 Å². The van der Waals surface area contributed by atoms with Gasteiger partial charge in [0.25, 0.3) is 0 Å². The number of nitrogens with two attached hydrogens (primary N) is 1. The molecule has 5 heteroatoms. The normalized spacial score (nSPS) is 16.5. The van der Waals surface area contributed by atoms with Gasteiger partial charge in [0.15, 0.2) is 0 Å². The number of rotatable bonds is 3. The lowest BCUT2D eigenvalue weighted by molar-refractivity contribution is -0.116. The summed E-state index contributed by atoms with van der Waals surface area (Å²) in [4.78, 5) is 13.8. The van der Waals surface area contributed by atoms with E-state index in [1.54, 1.807) is 0 Å². The maximum Gasteiger partial charge on any atom is 0.245 e. The Balaban J connectivity index is 1.90. The van der Waals surface area contributed by atoms with Crippen LogP contribution in [0.4, 0.5) is 11.4 Å². The summed E-state index contributed by atoms with van der Waals surface area (Å²) >= 11 is 3.57. The average Bonchev–Trinajstić information content (AvgIpc) is 2.74. The topological polar surface area (TPSA) is 58.4 Å². The second kappa shape index (κ2) is 5.50. The van der Waals surface area contributed by atoms with Gasteiger partial charge < -0.3 is 16.0 Å². The quantitative estimate of drug-likeness (QED) is 0.898. The van der Waals surface area contributed by atoms with Crippen LogP contribution in [0, 0.1) is 0 Å². The highest BCUT2D eigenvalue weighted by Gasteiger charge is 2.28. The van der Waals surface area contributed by atoms with Crippen molar-refractivity contribution in [1.82, 2.24) is 0 Å². The van der Waals surface area contributed by atoms with E-state index in [9.17, 15) is 4.79 Å². The smallest absolute Gasteiger partial charge is 0.245 e. The SMILES string of the molecule is CN(Cc1ccccc1)c1cc2c(cc1Br)C(N)C(=O)N2. The van der Waals surface area contributed by atoms with Crippen LogP contribution in [0.2, 0.25) is 0 Å². The highest BCUT2D eigenvalue weighted by atomic mass is 79.9. The van der Waals surface area contributed by atoms with E-state index in [4.69, 9.17) is 5.73 Å². The first-order valence-electron chi connectivity index (χ1n) is 6.71. The number of carbonyl (C=O) groups is 1. The fourth-order valence-electron chi connectivity index (χ4n) is 2.53. The highest BCUT2D eigenvalue weighted by molar-refractivity contribution is 9.10. The van der Waals surface area contributed by atoms with Gasteiger partial charge in [0, 0.05) is 29.3 Å². The number of nitrogens with one attached hydrogen (secondary N) is 1. The van der Waals surface area contributed by atoms with Gasteiger partial charge in [0.2, 0.25) is 5.91 Å². The number of fused-ring (bicyclic) bond motifs is 1. The van der Waals surface area contributed by atoms with Crippen LogP contribution >= 0.6 is 15.9 Å². The average molecular weight is 346 g/mol. The van der Waals surface area contributed by atoms with Crippen LogP contribution in [0.5, 0.6) is 0 Å². The molecule has 108 valence electrons. The second-order valence-electron chi connectivity index (χ2n) is 5.20. The molecule has 1 aliphatic heterocycles. The van der Waals surface area contributed by atoms with Crippen LogP contribution in [0.15, 0.2) is 46.9 Å². The fraction of sp³-hybridized carbons (Fsp3) is 0.188. The largest absolute Gasteiger partial charge is 0.369 e. The van der Waals surface area contributed by atoms with Crippen molar-refractivity contribution in [3.63, 3.8) is 0 Å². The van der Waals surface area contributed by atoms with Crippen molar-refractivity contribution in [2.24, 2.45) is 5.73 Å². The monoisotopic (exact) mass is 345 g/mol. The summed E-state index contributed by atoms with van der Waals surface area (Å²) in [5, 5.41) is 2.82. The van der Waals surface area contributed by atoms with E-state index in [1.165, 1.54) is 5.56 Å². The van der Waals surface area contributed by atoms with Crippen molar-refractivity contribution in [2.45, 2.75) is 12.6 Å². The third-order valence-electron chi connectivity index (χ3n) is 3.67. The first-order chi connectivity index (χ1) is 10.1. The van der Waals surface area contributed by atoms with E-state index >= 15 is 0 Å². The van der Waals surface area contributed by atoms with Gasteiger partial charge in [0.05, 0.1) is 5.69 Å². The van der Waals surface area contributed by atoms with E-state index in [1.807, 2.05) is 37.4 Å². The molecule has 0 saturated carbocycles. The van der Waals surface area contributed by atoms with Crippen molar-refractivity contribution >= 4 is 33.2 Å². The van der Waals surface area contributed by atoms with Crippen molar-refractivity contribution in [2.75, 3.05) is 17.3 Å². The zero-order valence-electron chi connectivity index (χ0n) is 11.6. The molecule has 21 heavy (non-hydrogen) atoms. The van der Waals surface area contributed by atoms with Crippen molar-refractivity contribution in [1.29, 1.82) is 0 Å². The summed E-state index contributed by atoms with van der Waals surface area (Å²) < 4.78 is 0.937. The number of nitrogens with zero attached hydrogens (tertiary/aromatic N) is 1. The Morgan fingerprint density at radius 2 is 2.00 bits per heavy atom. The third kappa shape index (κ3) is 2.66. The predicted octanol–water partition coefficient (Wildman–Crippen LogP) is 3.04. The summed E-state index contributed by atoms with van der Waals surface area (Å²) in [5.74, 6) is -0.153. The molecular formula is C16H16BrN3O. The molecule has 1 unspecified atom stereocenters. The van der Waals surface area contributed by atoms with Gasteiger partial charge in [-0.15, -0.1) is 0 Å². The molecule has 2 aromatic rings. The molecule has 4 nitrogen and oxygen atoms in total. The number of benzene rings is 2. The molecule has 0 bridgehead atoms. The summed E-state index contributed by atoms with van der Waals surface area (Å²) in [6.45, 7) is 0.790.